The Morgan fingerprint density at radius 3 is 2.09 bits per heavy atom. The molecule has 0 spiro atoms. The van der Waals surface area contributed by atoms with Crippen LogP contribution in [0.5, 0.6) is 0 Å². The molecule has 4 heteroatoms. The first-order valence-electron chi connectivity index (χ1n) is 6.75. The summed E-state index contributed by atoms with van der Waals surface area (Å²) in [5.41, 5.74) is 0.913. The van der Waals surface area contributed by atoms with Crippen molar-refractivity contribution >= 4 is 28.2 Å². The van der Waals surface area contributed by atoms with Gasteiger partial charge in [0, 0.05) is 21.7 Å². The lowest BCUT2D eigenvalue weighted by atomic mass is 9.94. The van der Waals surface area contributed by atoms with Gasteiger partial charge in [-0.25, -0.2) is 0 Å². The number of rotatable bonds is 3. The van der Waals surface area contributed by atoms with Crippen molar-refractivity contribution in [3.63, 3.8) is 0 Å². The van der Waals surface area contributed by atoms with Gasteiger partial charge >= 0.3 is 0 Å². The number of hydrogen-bond donors (Lipinski definition) is 2. The van der Waals surface area contributed by atoms with Gasteiger partial charge in [0.15, 0.2) is 12.1 Å². The van der Waals surface area contributed by atoms with Crippen molar-refractivity contribution in [1.29, 1.82) is 0 Å². The Kier molecular flexibility index (Phi) is 3.94. The summed E-state index contributed by atoms with van der Waals surface area (Å²) in [7, 11) is 0. The van der Waals surface area contributed by atoms with Crippen molar-refractivity contribution in [3.8, 4) is 0 Å². The van der Waals surface area contributed by atoms with Crippen LogP contribution in [0.2, 0.25) is 5.02 Å². The minimum atomic E-state index is -1.71. The van der Waals surface area contributed by atoms with E-state index in [4.69, 9.17) is 11.6 Å². The van der Waals surface area contributed by atoms with E-state index in [9.17, 15) is 15.0 Å². The largest absolute Gasteiger partial charge is 0.364 e. The average Bonchev–Trinajstić information content (AvgIpc) is 2.53. The topological polar surface area (TPSA) is 57.5 Å². The van der Waals surface area contributed by atoms with Crippen LogP contribution in [0.3, 0.4) is 0 Å². The molecule has 3 aromatic rings. The molecule has 0 aliphatic rings. The van der Waals surface area contributed by atoms with E-state index in [0.29, 0.717) is 10.6 Å². The number of carbonyl (C=O) groups excluding carboxylic acids is 1. The van der Waals surface area contributed by atoms with E-state index < -0.39 is 6.29 Å². The molecule has 3 nitrogen and oxygen atoms in total. The van der Waals surface area contributed by atoms with Gasteiger partial charge in [0.1, 0.15) is 0 Å². The van der Waals surface area contributed by atoms with E-state index in [-0.39, 0.29) is 16.9 Å². The van der Waals surface area contributed by atoms with Crippen LogP contribution in [0.25, 0.3) is 10.8 Å². The van der Waals surface area contributed by atoms with Crippen LogP contribution in [0.4, 0.5) is 0 Å². The van der Waals surface area contributed by atoms with Crippen LogP contribution in [0.15, 0.2) is 60.7 Å². The molecule has 3 aromatic carbocycles. The van der Waals surface area contributed by atoms with Crippen molar-refractivity contribution < 1.29 is 15.0 Å². The molecule has 0 aromatic heterocycles. The second-order valence-corrected chi connectivity index (χ2v) is 5.43. The van der Waals surface area contributed by atoms with Crippen LogP contribution in [0, 0.1) is 0 Å². The van der Waals surface area contributed by atoms with E-state index >= 15 is 0 Å². The lowest BCUT2D eigenvalue weighted by Gasteiger charge is -2.12. The highest BCUT2D eigenvalue weighted by Crippen LogP contribution is 2.26. The van der Waals surface area contributed by atoms with E-state index in [1.165, 1.54) is 0 Å². The average molecular weight is 313 g/mol. The first-order valence-corrected chi connectivity index (χ1v) is 7.13. The summed E-state index contributed by atoms with van der Waals surface area (Å²) in [6, 6.07) is 17.3. The maximum atomic E-state index is 12.7. The Balaban J connectivity index is 2.17. The van der Waals surface area contributed by atoms with Gasteiger partial charge in [0.05, 0.1) is 0 Å². The molecular weight excluding hydrogens is 300 g/mol. The van der Waals surface area contributed by atoms with Crippen molar-refractivity contribution in [2.24, 2.45) is 0 Å². The Morgan fingerprint density at radius 1 is 0.909 bits per heavy atom. The summed E-state index contributed by atoms with van der Waals surface area (Å²) < 4.78 is 0. The molecule has 0 fully saturated rings. The molecule has 2 N–H and O–H groups in total. The Bertz CT molecular complexity index is 839. The smallest absolute Gasteiger partial charge is 0.193 e. The summed E-state index contributed by atoms with van der Waals surface area (Å²) in [6.45, 7) is 0. The molecule has 0 aliphatic heterocycles. The second kappa shape index (κ2) is 5.89. The predicted octanol–water partition coefficient (Wildman–Crippen LogP) is 3.71. The van der Waals surface area contributed by atoms with E-state index in [1.807, 2.05) is 24.3 Å². The SMILES string of the molecule is O=C(c1ccc(Cl)cc1)c1cc2ccccc2cc1C(O)O. The van der Waals surface area contributed by atoms with Crippen molar-refractivity contribution in [2.75, 3.05) is 0 Å². The number of aliphatic hydroxyl groups excluding tert-OH is 1. The van der Waals surface area contributed by atoms with Crippen molar-refractivity contribution in [2.45, 2.75) is 6.29 Å². The molecular formula is C18H13ClO3. The minimum absolute atomic E-state index is 0.193. The van der Waals surface area contributed by atoms with Crippen LogP contribution in [-0.2, 0) is 0 Å². The molecule has 0 unspecified atom stereocenters. The van der Waals surface area contributed by atoms with Gasteiger partial charge in [-0.2, -0.15) is 0 Å². The molecule has 110 valence electrons. The minimum Gasteiger partial charge on any atom is -0.364 e. The highest BCUT2D eigenvalue weighted by molar-refractivity contribution is 6.30. The van der Waals surface area contributed by atoms with Gasteiger partial charge < -0.3 is 10.2 Å². The van der Waals surface area contributed by atoms with Crippen LogP contribution < -0.4 is 0 Å². The fraction of sp³-hybridized carbons (Fsp3) is 0.0556. The highest BCUT2D eigenvalue weighted by Gasteiger charge is 2.18. The van der Waals surface area contributed by atoms with E-state index in [1.54, 1.807) is 36.4 Å². The molecule has 0 heterocycles. The van der Waals surface area contributed by atoms with Gasteiger partial charge in [-0.1, -0.05) is 35.9 Å². The van der Waals surface area contributed by atoms with Crippen molar-refractivity contribution in [1.82, 2.24) is 0 Å². The predicted molar refractivity (Wildman–Crippen MR) is 86.0 cm³/mol. The Hall–Kier alpha value is -2.20. The Morgan fingerprint density at radius 2 is 1.50 bits per heavy atom. The number of halogens is 1. The fourth-order valence-corrected chi connectivity index (χ4v) is 2.55. The van der Waals surface area contributed by atoms with E-state index in [0.717, 1.165) is 10.8 Å². The number of ketones is 1. The normalized spacial score (nSPS) is 11.1. The molecule has 22 heavy (non-hydrogen) atoms. The fourth-order valence-electron chi connectivity index (χ4n) is 2.42. The third-order valence-electron chi connectivity index (χ3n) is 3.55. The third kappa shape index (κ3) is 2.74. The molecule has 0 aliphatic carbocycles. The summed E-state index contributed by atoms with van der Waals surface area (Å²) in [5.74, 6) is -0.273. The molecule has 0 saturated heterocycles. The lowest BCUT2D eigenvalue weighted by molar-refractivity contribution is -0.0428. The van der Waals surface area contributed by atoms with Gasteiger partial charge in [0.25, 0.3) is 0 Å². The second-order valence-electron chi connectivity index (χ2n) is 5.00. The maximum Gasteiger partial charge on any atom is 0.193 e. The quantitative estimate of drug-likeness (QED) is 0.572. The molecule has 3 rings (SSSR count). The number of hydrogen-bond acceptors (Lipinski definition) is 3. The molecule has 0 saturated carbocycles. The zero-order chi connectivity index (χ0) is 15.7. The van der Waals surface area contributed by atoms with Crippen LogP contribution >= 0.6 is 11.6 Å². The maximum absolute atomic E-state index is 12.7. The lowest BCUT2D eigenvalue weighted by Crippen LogP contribution is -2.09. The van der Waals surface area contributed by atoms with Gasteiger partial charge in [-0.3, -0.25) is 4.79 Å². The van der Waals surface area contributed by atoms with Gasteiger partial charge in [0.2, 0.25) is 0 Å². The summed E-state index contributed by atoms with van der Waals surface area (Å²) in [6.07, 6.45) is -1.71. The van der Waals surface area contributed by atoms with Crippen LogP contribution in [0.1, 0.15) is 27.8 Å². The van der Waals surface area contributed by atoms with Crippen molar-refractivity contribution in [3.05, 3.63) is 82.4 Å². The van der Waals surface area contributed by atoms with Gasteiger partial charge in [-0.05, 0) is 47.2 Å². The van der Waals surface area contributed by atoms with Crippen LogP contribution in [-0.4, -0.2) is 16.0 Å². The first kappa shape index (κ1) is 14.7. The zero-order valence-corrected chi connectivity index (χ0v) is 12.3. The summed E-state index contributed by atoms with van der Waals surface area (Å²) in [4.78, 5) is 12.7. The van der Waals surface area contributed by atoms with E-state index in [2.05, 4.69) is 0 Å². The third-order valence-corrected chi connectivity index (χ3v) is 3.80. The molecule has 0 bridgehead atoms. The summed E-state index contributed by atoms with van der Waals surface area (Å²) in [5, 5.41) is 21.4. The number of benzene rings is 3. The number of fused-ring (bicyclic) bond motifs is 1. The number of aliphatic hydroxyl groups is 2. The standard InChI is InChI=1S/C18H13ClO3/c19-14-7-5-11(6-8-14)17(20)15-9-12-3-1-2-4-13(12)10-16(15)18(21)22/h1-10,18,21-22H. The molecule has 0 amide bonds. The molecule has 0 radical (unpaired) electrons. The monoisotopic (exact) mass is 312 g/mol. The van der Waals surface area contributed by atoms with Gasteiger partial charge in [-0.15, -0.1) is 0 Å². The molecule has 0 atom stereocenters. The first-order chi connectivity index (χ1) is 10.6. The Labute approximate surface area is 132 Å². The zero-order valence-electron chi connectivity index (χ0n) is 11.5. The highest BCUT2D eigenvalue weighted by atomic mass is 35.5. The summed E-state index contributed by atoms with van der Waals surface area (Å²) >= 11 is 5.83. The number of carbonyl (C=O) groups is 1.